The maximum absolute atomic E-state index is 13.0. The topological polar surface area (TPSA) is 20.3 Å². The van der Waals surface area contributed by atoms with Crippen molar-refractivity contribution in [3.8, 4) is 0 Å². The summed E-state index contributed by atoms with van der Waals surface area (Å²) in [7, 11) is 0. The number of carbonyl (C=O) groups excluding carboxylic acids is 1. The van der Waals surface area contributed by atoms with Crippen molar-refractivity contribution in [3.05, 3.63) is 65.7 Å². The highest BCUT2D eigenvalue weighted by atomic mass is 16.2. The highest BCUT2D eigenvalue weighted by Gasteiger charge is 2.32. The molecule has 0 N–H and O–H groups in total. The first-order valence-corrected chi connectivity index (χ1v) is 7.65. The molecule has 2 nitrogen and oxygen atoms in total. The van der Waals surface area contributed by atoms with Crippen LogP contribution in [0.5, 0.6) is 0 Å². The number of hydrogen-bond acceptors (Lipinski definition) is 1. The van der Waals surface area contributed by atoms with Gasteiger partial charge in [0.1, 0.15) is 0 Å². The molecule has 2 aromatic carbocycles. The third kappa shape index (κ3) is 2.58. The second-order valence-corrected chi connectivity index (χ2v) is 6.02. The number of amides is 1. The second-order valence-electron chi connectivity index (χ2n) is 6.02. The molecule has 1 aliphatic rings. The van der Waals surface area contributed by atoms with Crippen LogP contribution in [-0.4, -0.2) is 11.9 Å². The summed E-state index contributed by atoms with van der Waals surface area (Å²) in [5.74, 6) is 0.562. The van der Waals surface area contributed by atoms with E-state index in [0.29, 0.717) is 5.92 Å². The van der Waals surface area contributed by atoms with Gasteiger partial charge in [-0.3, -0.25) is 4.79 Å². The van der Waals surface area contributed by atoms with Crippen LogP contribution in [0.4, 0.5) is 5.69 Å². The Labute approximate surface area is 126 Å². The van der Waals surface area contributed by atoms with Gasteiger partial charge in [-0.05, 0) is 42.5 Å². The standard InChI is InChI=1S/C19H21NO/c1-14(2)17-13-12-15-8-6-7-11-18(15)20(17)19(21)16-9-4-3-5-10-16/h3-11,14,17H,12-13H2,1-2H3/t17-/m1/s1. The minimum absolute atomic E-state index is 0.112. The lowest BCUT2D eigenvalue weighted by atomic mass is 9.88. The van der Waals surface area contributed by atoms with E-state index in [1.165, 1.54) is 5.56 Å². The number of hydrogen-bond donors (Lipinski definition) is 0. The van der Waals surface area contributed by atoms with Gasteiger partial charge in [-0.2, -0.15) is 0 Å². The van der Waals surface area contributed by atoms with E-state index in [4.69, 9.17) is 0 Å². The van der Waals surface area contributed by atoms with Crippen LogP contribution in [0.15, 0.2) is 54.6 Å². The Morgan fingerprint density at radius 3 is 2.43 bits per heavy atom. The molecule has 0 unspecified atom stereocenters. The first-order valence-electron chi connectivity index (χ1n) is 7.65. The highest BCUT2D eigenvalue weighted by molar-refractivity contribution is 6.07. The van der Waals surface area contributed by atoms with Crippen molar-refractivity contribution in [1.29, 1.82) is 0 Å². The third-order valence-corrected chi connectivity index (χ3v) is 4.30. The predicted octanol–water partition coefficient (Wildman–Crippen LogP) is 4.30. The molecular formula is C19H21NO. The average molecular weight is 279 g/mol. The second kappa shape index (κ2) is 5.72. The SMILES string of the molecule is CC(C)[C@H]1CCc2ccccc2N1C(=O)c1ccccc1. The normalized spacial score (nSPS) is 17.7. The fourth-order valence-corrected chi connectivity index (χ4v) is 3.18. The van der Waals surface area contributed by atoms with Gasteiger partial charge in [-0.1, -0.05) is 50.2 Å². The Hall–Kier alpha value is -2.09. The molecule has 21 heavy (non-hydrogen) atoms. The number of aryl methyl sites for hydroxylation is 1. The van der Waals surface area contributed by atoms with Gasteiger partial charge >= 0.3 is 0 Å². The van der Waals surface area contributed by atoms with Gasteiger partial charge in [0.05, 0.1) is 0 Å². The molecule has 3 rings (SSSR count). The molecule has 2 heteroatoms. The molecule has 0 fully saturated rings. The molecule has 2 aromatic rings. The van der Waals surface area contributed by atoms with E-state index in [1.54, 1.807) is 0 Å². The molecule has 0 saturated heterocycles. The smallest absolute Gasteiger partial charge is 0.258 e. The largest absolute Gasteiger partial charge is 0.305 e. The van der Waals surface area contributed by atoms with Crippen LogP contribution in [0.3, 0.4) is 0 Å². The molecule has 0 spiro atoms. The van der Waals surface area contributed by atoms with Gasteiger partial charge in [0.25, 0.3) is 5.91 Å². The van der Waals surface area contributed by atoms with E-state index in [1.807, 2.05) is 41.3 Å². The third-order valence-electron chi connectivity index (χ3n) is 4.30. The lowest BCUT2D eigenvalue weighted by Gasteiger charge is -2.39. The number of carbonyl (C=O) groups is 1. The summed E-state index contributed by atoms with van der Waals surface area (Å²) in [5.41, 5.74) is 3.12. The van der Waals surface area contributed by atoms with Crippen molar-refractivity contribution in [1.82, 2.24) is 0 Å². The summed E-state index contributed by atoms with van der Waals surface area (Å²) in [6, 6.07) is 18.1. The molecule has 0 saturated carbocycles. The zero-order chi connectivity index (χ0) is 14.8. The number of para-hydroxylation sites is 1. The Morgan fingerprint density at radius 2 is 1.71 bits per heavy atom. The number of nitrogens with zero attached hydrogens (tertiary/aromatic N) is 1. The van der Waals surface area contributed by atoms with Crippen LogP contribution >= 0.6 is 0 Å². The quantitative estimate of drug-likeness (QED) is 0.802. The Bertz CT molecular complexity index is 633. The molecule has 0 aromatic heterocycles. The van der Waals surface area contributed by atoms with E-state index in [9.17, 15) is 4.79 Å². The molecule has 0 bridgehead atoms. The van der Waals surface area contributed by atoms with Gasteiger partial charge in [0, 0.05) is 17.3 Å². The number of benzene rings is 2. The van der Waals surface area contributed by atoms with Gasteiger partial charge in [-0.25, -0.2) is 0 Å². The predicted molar refractivity (Wildman–Crippen MR) is 86.6 cm³/mol. The summed E-state index contributed by atoms with van der Waals surface area (Å²) in [6.45, 7) is 4.40. The maximum atomic E-state index is 13.0. The van der Waals surface area contributed by atoms with Crippen LogP contribution in [0.25, 0.3) is 0 Å². The Morgan fingerprint density at radius 1 is 1.05 bits per heavy atom. The summed E-state index contributed by atoms with van der Waals surface area (Å²) in [6.07, 6.45) is 2.09. The van der Waals surface area contributed by atoms with Crippen molar-refractivity contribution >= 4 is 11.6 Å². The van der Waals surface area contributed by atoms with Crippen LogP contribution in [0.2, 0.25) is 0 Å². The van der Waals surface area contributed by atoms with Crippen LogP contribution in [-0.2, 0) is 6.42 Å². The molecular weight excluding hydrogens is 258 g/mol. The number of anilines is 1. The molecule has 0 radical (unpaired) electrons. The van der Waals surface area contributed by atoms with E-state index in [0.717, 1.165) is 24.1 Å². The van der Waals surface area contributed by atoms with Crippen molar-refractivity contribution in [3.63, 3.8) is 0 Å². The van der Waals surface area contributed by atoms with Gasteiger partial charge in [0.15, 0.2) is 0 Å². The van der Waals surface area contributed by atoms with Gasteiger partial charge in [0.2, 0.25) is 0 Å². The molecule has 1 amide bonds. The van der Waals surface area contributed by atoms with Crippen molar-refractivity contribution < 1.29 is 4.79 Å². The summed E-state index contributed by atoms with van der Waals surface area (Å²) < 4.78 is 0. The fourth-order valence-electron chi connectivity index (χ4n) is 3.18. The summed E-state index contributed by atoms with van der Waals surface area (Å²) in [4.78, 5) is 15.0. The lowest BCUT2D eigenvalue weighted by Crippen LogP contribution is -2.46. The monoisotopic (exact) mass is 279 g/mol. The van der Waals surface area contributed by atoms with Crippen molar-refractivity contribution in [2.24, 2.45) is 5.92 Å². The molecule has 1 aliphatic heterocycles. The van der Waals surface area contributed by atoms with E-state index in [-0.39, 0.29) is 11.9 Å². The zero-order valence-electron chi connectivity index (χ0n) is 12.6. The lowest BCUT2D eigenvalue weighted by molar-refractivity contribution is 0.0965. The zero-order valence-corrected chi connectivity index (χ0v) is 12.6. The minimum atomic E-state index is 0.112. The molecule has 108 valence electrons. The Kier molecular flexibility index (Phi) is 3.78. The van der Waals surface area contributed by atoms with E-state index in [2.05, 4.69) is 32.0 Å². The number of fused-ring (bicyclic) bond motifs is 1. The van der Waals surface area contributed by atoms with Gasteiger partial charge in [-0.15, -0.1) is 0 Å². The molecule has 1 atom stereocenters. The van der Waals surface area contributed by atoms with Crippen LogP contribution < -0.4 is 4.90 Å². The summed E-state index contributed by atoms with van der Waals surface area (Å²) in [5, 5.41) is 0. The number of rotatable bonds is 2. The summed E-state index contributed by atoms with van der Waals surface area (Å²) >= 11 is 0. The molecule has 0 aliphatic carbocycles. The van der Waals surface area contributed by atoms with E-state index >= 15 is 0 Å². The van der Waals surface area contributed by atoms with E-state index < -0.39 is 0 Å². The highest BCUT2D eigenvalue weighted by Crippen LogP contribution is 2.34. The average Bonchev–Trinajstić information content (AvgIpc) is 2.53. The fraction of sp³-hybridized carbons (Fsp3) is 0.316. The van der Waals surface area contributed by atoms with Crippen molar-refractivity contribution in [2.75, 3.05) is 4.90 Å². The maximum Gasteiger partial charge on any atom is 0.258 e. The first kappa shape index (κ1) is 13.9. The van der Waals surface area contributed by atoms with Gasteiger partial charge < -0.3 is 4.90 Å². The van der Waals surface area contributed by atoms with Crippen LogP contribution in [0.1, 0.15) is 36.2 Å². The van der Waals surface area contributed by atoms with Crippen LogP contribution in [0, 0.1) is 5.92 Å². The van der Waals surface area contributed by atoms with Crippen molar-refractivity contribution in [2.45, 2.75) is 32.7 Å². The Balaban J connectivity index is 2.05. The molecule has 1 heterocycles. The first-order chi connectivity index (χ1) is 10.2. The minimum Gasteiger partial charge on any atom is -0.305 e.